The maximum Gasteiger partial charge on any atom is 0.234 e. The summed E-state index contributed by atoms with van der Waals surface area (Å²) in [6.07, 6.45) is 1.67. The Labute approximate surface area is 138 Å². The highest BCUT2D eigenvalue weighted by atomic mass is 32.2. The fourth-order valence-corrected chi connectivity index (χ4v) is 2.89. The first-order valence-electron chi connectivity index (χ1n) is 7.18. The molecular formula is C17H16N4OS. The lowest BCUT2D eigenvalue weighted by atomic mass is 10.2. The molecule has 3 rings (SSSR count). The van der Waals surface area contributed by atoms with E-state index in [0.29, 0.717) is 5.16 Å². The van der Waals surface area contributed by atoms with Gasteiger partial charge in [-0.1, -0.05) is 48.2 Å². The number of benzene rings is 2. The van der Waals surface area contributed by atoms with Gasteiger partial charge in [0.15, 0.2) is 5.16 Å². The van der Waals surface area contributed by atoms with Crippen molar-refractivity contribution >= 4 is 23.4 Å². The molecule has 0 fully saturated rings. The van der Waals surface area contributed by atoms with Gasteiger partial charge in [-0.25, -0.2) is 0 Å². The Kier molecular flexibility index (Phi) is 4.73. The molecule has 0 aliphatic rings. The van der Waals surface area contributed by atoms with Crippen molar-refractivity contribution in [3.8, 4) is 5.69 Å². The maximum absolute atomic E-state index is 12.0. The molecule has 0 aliphatic heterocycles. The van der Waals surface area contributed by atoms with E-state index >= 15 is 0 Å². The van der Waals surface area contributed by atoms with Crippen LogP contribution in [0, 0.1) is 6.92 Å². The highest BCUT2D eigenvalue weighted by Crippen LogP contribution is 2.21. The Morgan fingerprint density at radius 1 is 1.13 bits per heavy atom. The zero-order valence-electron chi connectivity index (χ0n) is 12.6. The van der Waals surface area contributed by atoms with Crippen LogP contribution in [0.1, 0.15) is 5.56 Å². The number of anilines is 1. The van der Waals surface area contributed by atoms with Gasteiger partial charge in [0.2, 0.25) is 5.91 Å². The van der Waals surface area contributed by atoms with E-state index in [1.54, 1.807) is 6.33 Å². The summed E-state index contributed by atoms with van der Waals surface area (Å²) in [7, 11) is 0. The summed E-state index contributed by atoms with van der Waals surface area (Å²) >= 11 is 1.36. The second-order valence-corrected chi connectivity index (χ2v) is 5.92. The number of nitrogens with zero attached hydrogens (tertiary/aromatic N) is 3. The van der Waals surface area contributed by atoms with Crippen LogP contribution in [0.3, 0.4) is 0 Å². The largest absolute Gasteiger partial charge is 0.325 e. The summed E-state index contributed by atoms with van der Waals surface area (Å²) in [4.78, 5) is 12.0. The van der Waals surface area contributed by atoms with Crippen molar-refractivity contribution in [3.05, 3.63) is 66.5 Å². The number of carbonyl (C=O) groups excluding carboxylic acids is 1. The third-order valence-electron chi connectivity index (χ3n) is 3.28. The standard InChI is InChI=1S/C17H16N4OS/c1-13-7-5-6-10-15(13)21-12-18-20-17(21)23-11-16(22)19-14-8-3-2-4-9-14/h2-10,12H,11H2,1H3,(H,19,22). The molecule has 0 unspecified atom stereocenters. The molecule has 0 radical (unpaired) electrons. The van der Waals surface area contributed by atoms with Gasteiger partial charge < -0.3 is 5.32 Å². The van der Waals surface area contributed by atoms with E-state index in [0.717, 1.165) is 16.9 Å². The maximum atomic E-state index is 12.0. The predicted octanol–water partition coefficient (Wildman–Crippen LogP) is 3.31. The number of thioether (sulfide) groups is 1. The summed E-state index contributed by atoms with van der Waals surface area (Å²) in [6.45, 7) is 2.03. The molecule has 1 heterocycles. The third kappa shape index (κ3) is 3.78. The summed E-state index contributed by atoms with van der Waals surface area (Å²) in [5, 5.41) is 11.6. The summed E-state index contributed by atoms with van der Waals surface area (Å²) in [6, 6.07) is 17.4. The number of amides is 1. The van der Waals surface area contributed by atoms with E-state index in [9.17, 15) is 4.79 Å². The van der Waals surface area contributed by atoms with Crippen LogP contribution in [0.15, 0.2) is 66.1 Å². The van der Waals surface area contributed by atoms with Gasteiger partial charge in [0.05, 0.1) is 11.4 Å². The average Bonchev–Trinajstić information content (AvgIpc) is 3.03. The Morgan fingerprint density at radius 2 is 1.87 bits per heavy atom. The number of hydrogen-bond donors (Lipinski definition) is 1. The fraction of sp³-hybridized carbons (Fsp3) is 0.118. The van der Waals surface area contributed by atoms with Crippen LogP contribution in [0.5, 0.6) is 0 Å². The lowest BCUT2D eigenvalue weighted by molar-refractivity contribution is -0.113. The summed E-state index contributed by atoms with van der Waals surface area (Å²) in [5.74, 6) is 0.208. The lowest BCUT2D eigenvalue weighted by Gasteiger charge is -2.09. The Morgan fingerprint density at radius 3 is 2.65 bits per heavy atom. The quantitative estimate of drug-likeness (QED) is 0.732. The molecule has 0 atom stereocenters. The number of carbonyl (C=O) groups is 1. The van der Waals surface area contributed by atoms with E-state index in [1.165, 1.54) is 11.8 Å². The first kappa shape index (κ1) is 15.3. The second kappa shape index (κ2) is 7.11. The number of para-hydroxylation sites is 2. The molecule has 3 aromatic rings. The highest BCUT2D eigenvalue weighted by molar-refractivity contribution is 7.99. The van der Waals surface area contributed by atoms with Crippen molar-refractivity contribution in [3.63, 3.8) is 0 Å². The van der Waals surface area contributed by atoms with E-state index in [1.807, 2.05) is 66.1 Å². The van der Waals surface area contributed by atoms with Gasteiger partial charge >= 0.3 is 0 Å². The number of nitrogens with one attached hydrogen (secondary N) is 1. The van der Waals surface area contributed by atoms with Crippen molar-refractivity contribution in [2.45, 2.75) is 12.1 Å². The Balaban J connectivity index is 1.67. The minimum Gasteiger partial charge on any atom is -0.325 e. The van der Waals surface area contributed by atoms with Crippen LogP contribution in [-0.2, 0) is 4.79 Å². The predicted molar refractivity (Wildman–Crippen MR) is 91.9 cm³/mol. The normalized spacial score (nSPS) is 10.5. The lowest BCUT2D eigenvalue weighted by Crippen LogP contribution is -2.14. The van der Waals surface area contributed by atoms with Gasteiger partial charge in [-0.05, 0) is 30.7 Å². The molecule has 116 valence electrons. The van der Waals surface area contributed by atoms with Gasteiger partial charge in [-0.15, -0.1) is 10.2 Å². The summed E-state index contributed by atoms with van der Waals surface area (Å²) < 4.78 is 1.90. The summed E-state index contributed by atoms with van der Waals surface area (Å²) in [5.41, 5.74) is 2.94. The van der Waals surface area contributed by atoms with Crippen molar-refractivity contribution in [1.82, 2.24) is 14.8 Å². The molecule has 23 heavy (non-hydrogen) atoms. The van der Waals surface area contributed by atoms with Crippen LogP contribution >= 0.6 is 11.8 Å². The van der Waals surface area contributed by atoms with Crippen molar-refractivity contribution < 1.29 is 4.79 Å². The molecule has 0 aliphatic carbocycles. The van der Waals surface area contributed by atoms with Crippen LogP contribution in [0.25, 0.3) is 5.69 Å². The van der Waals surface area contributed by atoms with Gasteiger partial charge in [0.1, 0.15) is 6.33 Å². The highest BCUT2D eigenvalue weighted by Gasteiger charge is 2.11. The van der Waals surface area contributed by atoms with E-state index < -0.39 is 0 Å². The van der Waals surface area contributed by atoms with Crippen molar-refractivity contribution in [2.24, 2.45) is 0 Å². The second-order valence-electron chi connectivity index (χ2n) is 4.97. The minimum atomic E-state index is -0.0690. The van der Waals surface area contributed by atoms with Gasteiger partial charge in [0.25, 0.3) is 0 Å². The number of aryl methyl sites for hydroxylation is 1. The molecule has 2 aromatic carbocycles. The van der Waals surface area contributed by atoms with Crippen LogP contribution in [-0.4, -0.2) is 26.4 Å². The first-order chi connectivity index (χ1) is 11.2. The molecule has 5 nitrogen and oxygen atoms in total. The Bertz CT molecular complexity index is 801. The van der Waals surface area contributed by atoms with Crippen molar-refractivity contribution in [1.29, 1.82) is 0 Å². The van der Waals surface area contributed by atoms with Crippen LogP contribution in [0.4, 0.5) is 5.69 Å². The van der Waals surface area contributed by atoms with Gasteiger partial charge in [0, 0.05) is 5.69 Å². The molecule has 0 saturated carbocycles. The van der Waals surface area contributed by atoms with Gasteiger partial charge in [-0.2, -0.15) is 0 Å². The smallest absolute Gasteiger partial charge is 0.234 e. The molecule has 1 amide bonds. The first-order valence-corrected chi connectivity index (χ1v) is 8.16. The zero-order chi connectivity index (χ0) is 16.1. The molecule has 1 N–H and O–H groups in total. The van der Waals surface area contributed by atoms with E-state index in [4.69, 9.17) is 0 Å². The monoisotopic (exact) mass is 324 g/mol. The molecule has 1 aromatic heterocycles. The molecule has 0 spiro atoms. The van der Waals surface area contributed by atoms with Crippen molar-refractivity contribution in [2.75, 3.05) is 11.1 Å². The Hall–Kier alpha value is -2.60. The molecular weight excluding hydrogens is 308 g/mol. The molecule has 0 bridgehead atoms. The minimum absolute atomic E-state index is 0.0690. The molecule has 0 saturated heterocycles. The average molecular weight is 324 g/mol. The van der Waals surface area contributed by atoms with Gasteiger partial charge in [-0.3, -0.25) is 9.36 Å². The van der Waals surface area contributed by atoms with Crippen LogP contribution in [0.2, 0.25) is 0 Å². The number of aromatic nitrogens is 3. The fourth-order valence-electron chi connectivity index (χ4n) is 2.17. The zero-order valence-corrected chi connectivity index (χ0v) is 13.5. The molecule has 6 heteroatoms. The van der Waals surface area contributed by atoms with E-state index in [-0.39, 0.29) is 11.7 Å². The van der Waals surface area contributed by atoms with E-state index in [2.05, 4.69) is 15.5 Å². The number of rotatable bonds is 5. The van der Waals surface area contributed by atoms with Crippen LogP contribution < -0.4 is 5.32 Å². The third-order valence-corrected chi connectivity index (χ3v) is 4.22. The topological polar surface area (TPSA) is 59.8 Å². The number of hydrogen-bond acceptors (Lipinski definition) is 4. The SMILES string of the molecule is Cc1ccccc1-n1cnnc1SCC(=O)Nc1ccccc1.